The summed E-state index contributed by atoms with van der Waals surface area (Å²) in [6, 6.07) is 7.76. The molecule has 0 aliphatic carbocycles. The van der Waals surface area contributed by atoms with Crippen LogP contribution in [-0.2, 0) is 4.79 Å². The first kappa shape index (κ1) is 15.0. The number of hydrogen-bond donors (Lipinski definition) is 2. The van der Waals surface area contributed by atoms with Crippen LogP contribution in [0.3, 0.4) is 0 Å². The Hall–Kier alpha value is -1.07. The van der Waals surface area contributed by atoms with Crippen molar-refractivity contribution in [3.8, 4) is 0 Å². The summed E-state index contributed by atoms with van der Waals surface area (Å²) in [4.78, 5) is 13.7. The quantitative estimate of drug-likeness (QED) is 0.756. The molecule has 0 bridgehead atoms. The van der Waals surface area contributed by atoms with Gasteiger partial charge in [-0.2, -0.15) is 0 Å². The second-order valence-corrected chi connectivity index (χ2v) is 5.29. The fourth-order valence-electron chi connectivity index (χ4n) is 1.47. The molecule has 100 valence electrons. The SMILES string of the molecule is CN(C)CCCNC(=O)CNc1cccc(Br)c1. The lowest BCUT2D eigenvalue weighted by molar-refractivity contribution is -0.119. The average molecular weight is 314 g/mol. The van der Waals surface area contributed by atoms with Crippen LogP contribution in [0.5, 0.6) is 0 Å². The maximum absolute atomic E-state index is 11.5. The Morgan fingerprint density at radius 1 is 1.39 bits per heavy atom. The Bertz CT molecular complexity index is 382. The van der Waals surface area contributed by atoms with Gasteiger partial charge in [-0.3, -0.25) is 4.79 Å². The van der Waals surface area contributed by atoms with Crippen LogP contribution in [0.1, 0.15) is 6.42 Å². The number of anilines is 1. The highest BCUT2D eigenvalue weighted by molar-refractivity contribution is 9.10. The molecule has 0 atom stereocenters. The van der Waals surface area contributed by atoms with E-state index >= 15 is 0 Å². The summed E-state index contributed by atoms with van der Waals surface area (Å²) in [5.41, 5.74) is 0.938. The molecule has 0 radical (unpaired) electrons. The molecule has 1 aromatic carbocycles. The average Bonchev–Trinajstić information content (AvgIpc) is 2.32. The zero-order valence-corrected chi connectivity index (χ0v) is 12.5. The summed E-state index contributed by atoms with van der Waals surface area (Å²) >= 11 is 3.39. The highest BCUT2D eigenvalue weighted by atomic mass is 79.9. The van der Waals surface area contributed by atoms with Crippen molar-refractivity contribution in [2.24, 2.45) is 0 Å². The molecule has 0 saturated heterocycles. The van der Waals surface area contributed by atoms with Crippen LogP contribution in [-0.4, -0.2) is 44.5 Å². The van der Waals surface area contributed by atoms with E-state index in [0.717, 1.165) is 29.7 Å². The van der Waals surface area contributed by atoms with Gasteiger partial charge in [0.25, 0.3) is 0 Å². The predicted molar refractivity (Wildman–Crippen MR) is 78.8 cm³/mol. The van der Waals surface area contributed by atoms with Gasteiger partial charge in [-0.05, 0) is 45.3 Å². The van der Waals surface area contributed by atoms with E-state index in [-0.39, 0.29) is 5.91 Å². The molecule has 1 aromatic rings. The summed E-state index contributed by atoms with van der Waals surface area (Å²) in [6.45, 7) is 2.01. The van der Waals surface area contributed by atoms with Crippen LogP contribution in [0.25, 0.3) is 0 Å². The molecule has 1 amide bonds. The van der Waals surface area contributed by atoms with Crippen molar-refractivity contribution in [3.63, 3.8) is 0 Å². The van der Waals surface area contributed by atoms with Crippen LogP contribution in [0.2, 0.25) is 0 Å². The number of benzene rings is 1. The molecule has 0 fully saturated rings. The summed E-state index contributed by atoms with van der Waals surface area (Å²) < 4.78 is 0.999. The number of carbonyl (C=O) groups excluding carboxylic acids is 1. The maximum Gasteiger partial charge on any atom is 0.239 e. The van der Waals surface area contributed by atoms with Crippen molar-refractivity contribution in [1.82, 2.24) is 10.2 Å². The van der Waals surface area contributed by atoms with Crippen molar-refractivity contribution in [1.29, 1.82) is 0 Å². The van der Waals surface area contributed by atoms with Crippen LogP contribution >= 0.6 is 15.9 Å². The van der Waals surface area contributed by atoms with Crippen LogP contribution in [0, 0.1) is 0 Å². The van der Waals surface area contributed by atoms with E-state index in [9.17, 15) is 4.79 Å². The molecule has 0 unspecified atom stereocenters. The Kier molecular flexibility index (Phi) is 6.75. The minimum Gasteiger partial charge on any atom is -0.376 e. The molecule has 0 saturated carbocycles. The third-order valence-electron chi connectivity index (χ3n) is 2.38. The number of hydrogen-bond acceptors (Lipinski definition) is 3. The number of nitrogens with zero attached hydrogens (tertiary/aromatic N) is 1. The van der Waals surface area contributed by atoms with E-state index in [2.05, 4.69) is 31.5 Å². The zero-order chi connectivity index (χ0) is 13.4. The van der Waals surface area contributed by atoms with E-state index in [4.69, 9.17) is 0 Å². The van der Waals surface area contributed by atoms with Crippen molar-refractivity contribution in [3.05, 3.63) is 28.7 Å². The van der Waals surface area contributed by atoms with Gasteiger partial charge in [0.1, 0.15) is 0 Å². The normalized spacial score (nSPS) is 10.4. The first-order valence-corrected chi connectivity index (χ1v) is 6.78. The first-order chi connectivity index (χ1) is 8.58. The number of halogens is 1. The van der Waals surface area contributed by atoms with E-state index in [0.29, 0.717) is 6.54 Å². The highest BCUT2D eigenvalue weighted by Gasteiger charge is 2.00. The van der Waals surface area contributed by atoms with Gasteiger partial charge in [-0.15, -0.1) is 0 Å². The summed E-state index contributed by atoms with van der Waals surface area (Å²) in [5.74, 6) is 0.0220. The van der Waals surface area contributed by atoms with Crippen LogP contribution in [0.4, 0.5) is 5.69 Å². The second-order valence-electron chi connectivity index (χ2n) is 4.37. The van der Waals surface area contributed by atoms with Gasteiger partial charge >= 0.3 is 0 Å². The molecule has 0 heterocycles. The largest absolute Gasteiger partial charge is 0.376 e. The van der Waals surface area contributed by atoms with E-state index in [1.54, 1.807) is 0 Å². The summed E-state index contributed by atoms with van der Waals surface area (Å²) in [7, 11) is 4.05. The monoisotopic (exact) mass is 313 g/mol. The second kappa shape index (κ2) is 8.11. The standard InChI is InChI=1S/C13H20BrN3O/c1-17(2)8-4-7-15-13(18)10-16-12-6-3-5-11(14)9-12/h3,5-6,9,16H,4,7-8,10H2,1-2H3,(H,15,18). The maximum atomic E-state index is 11.5. The van der Waals surface area contributed by atoms with Crippen LogP contribution in [0.15, 0.2) is 28.7 Å². The molecule has 0 aromatic heterocycles. The summed E-state index contributed by atoms with van der Waals surface area (Å²) in [5, 5.41) is 5.97. The predicted octanol–water partition coefficient (Wildman–Crippen LogP) is 1.93. The zero-order valence-electron chi connectivity index (χ0n) is 10.9. The molecule has 0 spiro atoms. The molecule has 0 aliphatic rings. The van der Waals surface area contributed by atoms with E-state index in [1.807, 2.05) is 38.4 Å². The van der Waals surface area contributed by atoms with Crippen LogP contribution < -0.4 is 10.6 Å². The van der Waals surface area contributed by atoms with Gasteiger partial charge in [0, 0.05) is 16.7 Å². The van der Waals surface area contributed by atoms with E-state index in [1.165, 1.54) is 0 Å². The molecule has 18 heavy (non-hydrogen) atoms. The highest BCUT2D eigenvalue weighted by Crippen LogP contribution is 2.14. The first-order valence-electron chi connectivity index (χ1n) is 5.99. The molecule has 5 heteroatoms. The lowest BCUT2D eigenvalue weighted by Gasteiger charge is -2.10. The lowest BCUT2D eigenvalue weighted by Crippen LogP contribution is -2.31. The minimum absolute atomic E-state index is 0.0220. The summed E-state index contributed by atoms with van der Waals surface area (Å²) in [6.07, 6.45) is 0.968. The molecule has 2 N–H and O–H groups in total. The molecule has 4 nitrogen and oxygen atoms in total. The van der Waals surface area contributed by atoms with Gasteiger partial charge in [0.2, 0.25) is 5.91 Å². The van der Waals surface area contributed by atoms with Gasteiger partial charge in [-0.25, -0.2) is 0 Å². The number of carbonyl (C=O) groups is 1. The Labute approximate surface area is 117 Å². The van der Waals surface area contributed by atoms with Crippen molar-refractivity contribution in [2.45, 2.75) is 6.42 Å². The topological polar surface area (TPSA) is 44.4 Å². The van der Waals surface area contributed by atoms with Gasteiger partial charge in [0.05, 0.1) is 6.54 Å². The Morgan fingerprint density at radius 3 is 2.83 bits per heavy atom. The van der Waals surface area contributed by atoms with Crippen molar-refractivity contribution in [2.75, 3.05) is 39.0 Å². The fourth-order valence-corrected chi connectivity index (χ4v) is 1.87. The molecular formula is C13H20BrN3O. The molecule has 1 rings (SSSR count). The van der Waals surface area contributed by atoms with Gasteiger partial charge < -0.3 is 15.5 Å². The van der Waals surface area contributed by atoms with Crippen molar-refractivity contribution >= 4 is 27.5 Å². The smallest absolute Gasteiger partial charge is 0.239 e. The number of rotatable bonds is 7. The molecule has 0 aliphatic heterocycles. The van der Waals surface area contributed by atoms with Gasteiger partial charge in [-0.1, -0.05) is 22.0 Å². The van der Waals surface area contributed by atoms with E-state index < -0.39 is 0 Å². The third kappa shape index (κ3) is 6.61. The van der Waals surface area contributed by atoms with Crippen molar-refractivity contribution < 1.29 is 4.79 Å². The Morgan fingerprint density at radius 2 is 2.17 bits per heavy atom. The Balaban J connectivity index is 2.17. The third-order valence-corrected chi connectivity index (χ3v) is 2.88. The number of amides is 1. The minimum atomic E-state index is 0.0220. The fraction of sp³-hybridized carbons (Fsp3) is 0.462. The number of nitrogens with one attached hydrogen (secondary N) is 2. The molecular weight excluding hydrogens is 294 g/mol. The van der Waals surface area contributed by atoms with Gasteiger partial charge in [0.15, 0.2) is 0 Å². The lowest BCUT2D eigenvalue weighted by atomic mass is 10.3.